The summed E-state index contributed by atoms with van der Waals surface area (Å²) in [6.45, 7) is 20.0. The molecule has 136 heavy (non-hydrogen) atoms. The maximum atomic E-state index is 6.94. The van der Waals surface area contributed by atoms with E-state index in [-0.39, 0.29) is 52.9 Å². The molecule has 8 bridgehead atoms. The van der Waals surface area contributed by atoms with Crippen LogP contribution in [0.25, 0.3) is 89.7 Å². The van der Waals surface area contributed by atoms with Gasteiger partial charge in [0.1, 0.15) is 49.0 Å². The maximum absolute atomic E-state index is 6.94. The van der Waals surface area contributed by atoms with E-state index in [0.717, 1.165) is 77.0 Å². The summed E-state index contributed by atoms with van der Waals surface area (Å²) in [5.74, 6) is 5.53. The number of hydrogen-bond acceptors (Lipinski definition) is 26. The normalized spacial score (nSPS) is 11.8. The first-order chi connectivity index (χ1) is 67.3. The monoisotopic (exact) mass is 1900 g/mol. The number of fused-ring (bicyclic) bond motifs is 20. The Hall–Kier alpha value is -7.84. The number of benzene rings is 4. The highest BCUT2D eigenvalue weighted by atomic mass is 16.6. The summed E-state index contributed by atoms with van der Waals surface area (Å²) >= 11 is 0. The van der Waals surface area contributed by atoms with Crippen molar-refractivity contribution in [2.75, 3.05) is 213 Å². The van der Waals surface area contributed by atoms with Crippen molar-refractivity contribution in [2.24, 2.45) is 0 Å². The van der Waals surface area contributed by atoms with Crippen LogP contribution in [0.4, 0.5) is 0 Å². The third-order valence-electron chi connectivity index (χ3n) is 24.3. The molecular formula is C108H170N8O20. The van der Waals surface area contributed by atoms with Gasteiger partial charge in [0.25, 0.3) is 0 Å². The lowest BCUT2D eigenvalue weighted by Gasteiger charge is -2.15. The first-order valence-electron chi connectivity index (χ1n) is 52.5. The van der Waals surface area contributed by atoms with E-state index in [4.69, 9.17) is 125 Å². The number of rotatable bonds is 88. The van der Waals surface area contributed by atoms with Crippen molar-refractivity contribution in [1.82, 2.24) is 39.9 Å². The van der Waals surface area contributed by atoms with Crippen molar-refractivity contribution >= 4 is 44.1 Å². The Bertz CT molecular complexity index is 4140. The Morgan fingerprint density at radius 1 is 0.169 bits per heavy atom. The van der Waals surface area contributed by atoms with Gasteiger partial charge in [-0.2, -0.15) is 0 Å². The standard InChI is InChI=1S/C108H170N8O20/c1-9-13-17-21-25-29-33-37-41-45-49-129-93-77-85-89(81-97(93)133-73-69-125-65-61-121-57-53-117-5)105-110-101(85)109-102-86-78-94(130-50-46-42-38-34-30-26-22-18-14-10-2)98(134-74-70-126-66-62-122-58-54-118-6)82-90(86)106(111-102)113-104-88-80-96(132-52-48-44-40-36-32-28-24-20-16-12-4)100(136-76-72-128-68-64-124-60-56-120-8)84-92(88)108(115-104)116-107-91-83-99(135-75-71-127-67-63-123-59-55-119-7)95(79-87(91)103(112-105)114-107)131-51-47-43-39-35-31-27-23-19-15-11-3/h77-84H,9-76H2,1-8H3,(H2,109,110,111,112,113,114,115,116). The molecule has 0 aliphatic carbocycles. The van der Waals surface area contributed by atoms with E-state index in [9.17, 15) is 0 Å². The summed E-state index contributed by atoms with van der Waals surface area (Å²) in [7, 11) is 6.64. The Morgan fingerprint density at radius 2 is 0.324 bits per heavy atom. The average Bonchev–Trinajstić information content (AvgIpc) is 1.59. The number of methoxy groups -OCH3 is 4. The van der Waals surface area contributed by atoms with E-state index in [1.807, 2.05) is 48.5 Å². The highest BCUT2D eigenvalue weighted by Gasteiger charge is 2.29. The number of ether oxygens (including phenoxy) is 20. The van der Waals surface area contributed by atoms with E-state index in [2.05, 4.69) is 37.7 Å². The highest BCUT2D eigenvalue weighted by molar-refractivity contribution is 6.08. The first-order valence-corrected chi connectivity index (χ1v) is 52.5. The lowest BCUT2D eigenvalue weighted by molar-refractivity contribution is 0.0177. The first kappa shape index (κ1) is 112. The number of hydrogen-bond donors (Lipinski definition) is 2. The number of unbranched alkanes of at least 4 members (excludes halogenated alkanes) is 36. The zero-order chi connectivity index (χ0) is 95.4. The van der Waals surface area contributed by atoms with Crippen LogP contribution in [-0.2, 0) is 56.8 Å². The number of nitrogens with zero attached hydrogens (tertiary/aromatic N) is 6. The highest BCUT2D eigenvalue weighted by Crippen LogP contribution is 2.47. The van der Waals surface area contributed by atoms with Gasteiger partial charge in [-0.15, -0.1) is 0 Å². The van der Waals surface area contributed by atoms with Gasteiger partial charge in [0.2, 0.25) is 0 Å². The summed E-state index contributed by atoms with van der Waals surface area (Å²) in [5.41, 5.74) is 4.34. The quantitative estimate of drug-likeness (QED) is 0.0335. The minimum atomic E-state index is 0.209. The third kappa shape index (κ3) is 42.3. The van der Waals surface area contributed by atoms with Crippen molar-refractivity contribution in [2.45, 2.75) is 285 Å². The summed E-state index contributed by atoms with van der Waals surface area (Å²) < 4.78 is 123. The van der Waals surface area contributed by atoms with Crippen LogP contribution in [0.2, 0.25) is 0 Å². The molecule has 5 heterocycles. The molecule has 0 atom stereocenters. The second kappa shape index (κ2) is 71.6. The van der Waals surface area contributed by atoms with E-state index in [1.165, 1.54) is 180 Å². The van der Waals surface area contributed by atoms with Gasteiger partial charge in [-0.25, -0.2) is 29.9 Å². The summed E-state index contributed by atoms with van der Waals surface area (Å²) in [6.07, 6.45) is 47.4. The number of aromatic nitrogens is 8. The van der Waals surface area contributed by atoms with Gasteiger partial charge in [0, 0.05) is 72.2 Å². The maximum Gasteiger partial charge on any atom is 0.164 e. The fraction of sp³-hybridized carbons (Fsp3) is 0.704. The number of H-pyrrole nitrogens is 2. The number of nitrogens with one attached hydrogen (secondary N) is 2. The SMILES string of the molecule is CCCCCCCCCCCCOc1cc2c(cc1OCCOCCOCCOC)-c1nc-2nc2[nH]c(nc3nc(nc4[nH]c(n1)c1cc(OCCCCCCCCCCCC)c(OCCOCCOCCOC)cc41)-c1cc(OCCOCCOCCOC)c(OCCCCCCCCCCCC)cc1-3)c1cc(OCCOCCOCCOC)c(OCCCCCCCCCCCC)cc21. The van der Waals surface area contributed by atoms with E-state index >= 15 is 0 Å². The Labute approximate surface area is 812 Å². The van der Waals surface area contributed by atoms with Crippen LogP contribution in [-0.4, -0.2) is 253 Å². The molecule has 28 nitrogen and oxygen atoms in total. The molecule has 0 saturated heterocycles. The van der Waals surface area contributed by atoms with Crippen molar-refractivity contribution < 1.29 is 94.7 Å². The average molecular weight is 1900 g/mol. The molecule has 0 fully saturated rings. The smallest absolute Gasteiger partial charge is 0.164 e. The molecule has 4 aromatic carbocycles. The topological polar surface area (TPSA) is 294 Å². The molecule has 3 aromatic heterocycles. The van der Waals surface area contributed by atoms with E-state index < -0.39 is 0 Å². The summed E-state index contributed by atoms with van der Waals surface area (Å²) in [6, 6.07) is 15.9. The molecular weight excluding hydrogens is 1730 g/mol. The Morgan fingerprint density at radius 3 is 0.507 bits per heavy atom. The number of aromatic amines is 2. The molecule has 0 unspecified atom stereocenters. The molecule has 0 radical (unpaired) electrons. The second-order valence-electron chi connectivity index (χ2n) is 35.4. The van der Waals surface area contributed by atoms with Crippen LogP contribution in [0.5, 0.6) is 46.0 Å². The molecule has 2 aliphatic heterocycles. The zero-order valence-electron chi connectivity index (χ0n) is 84.6. The van der Waals surface area contributed by atoms with Crippen LogP contribution in [0, 0.1) is 0 Å². The molecule has 7 aromatic rings. The molecule has 2 aliphatic rings. The third-order valence-corrected chi connectivity index (χ3v) is 24.3. The van der Waals surface area contributed by atoms with Gasteiger partial charge in [0.15, 0.2) is 69.3 Å². The van der Waals surface area contributed by atoms with Crippen LogP contribution in [0.3, 0.4) is 0 Å². The predicted octanol–water partition coefficient (Wildman–Crippen LogP) is 24.3. The fourth-order valence-corrected chi connectivity index (χ4v) is 16.5. The zero-order valence-corrected chi connectivity index (χ0v) is 84.6. The minimum absolute atomic E-state index is 0.209. The van der Waals surface area contributed by atoms with Crippen molar-refractivity contribution in [3.05, 3.63) is 48.5 Å². The van der Waals surface area contributed by atoms with Gasteiger partial charge < -0.3 is 105 Å². The van der Waals surface area contributed by atoms with Crippen LogP contribution < -0.4 is 37.9 Å². The van der Waals surface area contributed by atoms with E-state index in [1.54, 1.807) is 28.4 Å². The summed E-state index contributed by atoms with van der Waals surface area (Å²) in [5, 5.41) is 2.71. The van der Waals surface area contributed by atoms with Gasteiger partial charge in [-0.3, -0.25) is 0 Å². The Kier molecular flexibility index (Phi) is 58.8. The lowest BCUT2D eigenvalue weighted by atomic mass is 10.1. The largest absolute Gasteiger partial charge is 0.490 e. The molecule has 0 spiro atoms. The van der Waals surface area contributed by atoms with E-state index in [0.29, 0.717) is 268 Å². The predicted molar refractivity (Wildman–Crippen MR) is 541 cm³/mol. The molecule has 762 valence electrons. The molecule has 9 rings (SSSR count). The fourth-order valence-electron chi connectivity index (χ4n) is 16.5. The molecule has 0 amide bonds. The second-order valence-corrected chi connectivity index (χ2v) is 35.4. The van der Waals surface area contributed by atoms with Gasteiger partial charge in [-0.05, 0) is 74.2 Å². The van der Waals surface area contributed by atoms with Gasteiger partial charge in [0.05, 0.1) is 159 Å². The molecule has 28 heteroatoms. The minimum Gasteiger partial charge on any atom is -0.490 e. The van der Waals surface area contributed by atoms with Crippen molar-refractivity contribution in [3.63, 3.8) is 0 Å². The van der Waals surface area contributed by atoms with Crippen molar-refractivity contribution in [3.8, 4) is 91.5 Å². The van der Waals surface area contributed by atoms with Crippen LogP contribution >= 0.6 is 0 Å². The van der Waals surface area contributed by atoms with Crippen molar-refractivity contribution in [1.29, 1.82) is 0 Å². The van der Waals surface area contributed by atoms with Crippen LogP contribution in [0.15, 0.2) is 48.5 Å². The van der Waals surface area contributed by atoms with Crippen LogP contribution in [0.1, 0.15) is 285 Å². The molecule has 0 saturated carbocycles. The van der Waals surface area contributed by atoms with Gasteiger partial charge in [-0.1, -0.05) is 259 Å². The summed E-state index contributed by atoms with van der Waals surface area (Å²) in [4.78, 5) is 41.2. The van der Waals surface area contributed by atoms with Gasteiger partial charge >= 0.3 is 0 Å². The lowest BCUT2D eigenvalue weighted by Crippen LogP contribution is -2.12. The molecule has 2 N–H and O–H groups in total. The Balaban J connectivity index is 1.26.